The normalized spacial score (nSPS) is 17.6. The summed E-state index contributed by atoms with van der Waals surface area (Å²) in [5, 5.41) is 2.80. The number of nitrogens with zero attached hydrogens (tertiary/aromatic N) is 2. The van der Waals surface area contributed by atoms with E-state index in [1.165, 1.54) is 20.2 Å². The predicted molar refractivity (Wildman–Crippen MR) is 126 cm³/mol. The van der Waals surface area contributed by atoms with Gasteiger partial charge in [0.1, 0.15) is 0 Å². The van der Waals surface area contributed by atoms with Gasteiger partial charge in [-0.2, -0.15) is 0 Å². The van der Waals surface area contributed by atoms with Crippen molar-refractivity contribution in [1.29, 1.82) is 0 Å². The largest absolute Gasteiger partial charge is 0.326 e. The first-order chi connectivity index (χ1) is 15.1. The van der Waals surface area contributed by atoms with Crippen LogP contribution in [0.5, 0.6) is 0 Å². The number of carbonyl (C=O) groups is 2. The summed E-state index contributed by atoms with van der Waals surface area (Å²) in [5.74, 6) is -0.584. The number of hydrogen-bond acceptors (Lipinski definition) is 4. The van der Waals surface area contributed by atoms with E-state index in [9.17, 15) is 18.0 Å². The highest BCUT2D eigenvalue weighted by Crippen LogP contribution is 2.34. The smallest absolute Gasteiger partial charge is 0.242 e. The van der Waals surface area contributed by atoms with Crippen molar-refractivity contribution in [2.24, 2.45) is 5.92 Å². The number of amides is 2. The van der Waals surface area contributed by atoms with Crippen LogP contribution in [0, 0.1) is 12.8 Å². The van der Waals surface area contributed by atoms with E-state index in [0.717, 1.165) is 22.0 Å². The molecule has 1 aliphatic heterocycles. The molecule has 0 spiro atoms. The van der Waals surface area contributed by atoms with Gasteiger partial charge < -0.3 is 10.2 Å². The first-order valence-corrected chi connectivity index (χ1v) is 12.2. The van der Waals surface area contributed by atoms with Gasteiger partial charge in [-0.15, -0.1) is 0 Å². The number of anilines is 2. The maximum Gasteiger partial charge on any atom is 0.242 e. The number of hydrogen-bond donors (Lipinski definition) is 1. The van der Waals surface area contributed by atoms with Crippen molar-refractivity contribution in [1.82, 2.24) is 4.31 Å². The van der Waals surface area contributed by atoms with E-state index < -0.39 is 15.9 Å². The first kappa shape index (κ1) is 23.9. The van der Waals surface area contributed by atoms with Crippen molar-refractivity contribution in [2.75, 3.05) is 30.9 Å². The molecule has 1 saturated heterocycles. The highest BCUT2D eigenvalue weighted by atomic mass is 32.2. The maximum absolute atomic E-state index is 12.9. The third-order valence-corrected chi connectivity index (χ3v) is 8.04. The molecule has 2 aromatic carbocycles. The Bertz CT molecular complexity index is 1130. The molecule has 32 heavy (non-hydrogen) atoms. The number of rotatable bonds is 7. The topological polar surface area (TPSA) is 86.8 Å². The second-order valence-electron chi connectivity index (χ2n) is 8.53. The van der Waals surface area contributed by atoms with Crippen LogP contribution in [0.1, 0.15) is 43.7 Å². The molecule has 1 aliphatic rings. The quantitative estimate of drug-likeness (QED) is 0.686. The van der Waals surface area contributed by atoms with E-state index in [-0.39, 0.29) is 23.1 Å². The Labute approximate surface area is 190 Å². The van der Waals surface area contributed by atoms with Crippen LogP contribution >= 0.6 is 0 Å². The summed E-state index contributed by atoms with van der Waals surface area (Å²) in [7, 11) is -0.698. The van der Waals surface area contributed by atoms with Crippen molar-refractivity contribution < 1.29 is 18.0 Å². The molecule has 1 N–H and O–H groups in total. The Kier molecular flexibility index (Phi) is 7.05. The van der Waals surface area contributed by atoms with Gasteiger partial charge in [-0.1, -0.05) is 38.1 Å². The standard InChI is InChI=1S/C24H31N3O4S/c1-6-16(2)20-9-7-8-10-21(20)27-15-18(13-23(27)28)24(29)25-19-12-11-17(3)22(14-19)32(30,31)26(4)5/h7-12,14,16,18H,6,13,15H2,1-5H3,(H,25,29)/t16-,18-/m1/s1. The molecule has 7 nitrogen and oxygen atoms in total. The van der Waals surface area contributed by atoms with Crippen LogP contribution in [-0.2, 0) is 19.6 Å². The summed E-state index contributed by atoms with van der Waals surface area (Å²) in [6.07, 6.45) is 1.07. The van der Waals surface area contributed by atoms with Crippen molar-refractivity contribution >= 4 is 33.2 Å². The molecule has 172 valence electrons. The van der Waals surface area contributed by atoms with E-state index in [1.54, 1.807) is 24.0 Å². The SMILES string of the molecule is CC[C@@H](C)c1ccccc1N1C[C@H](C(=O)Nc2ccc(C)c(S(=O)(=O)N(C)C)c2)CC1=O. The summed E-state index contributed by atoms with van der Waals surface area (Å²) >= 11 is 0. The maximum atomic E-state index is 12.9. The van der Waals surface area contributed by atoms with Crippen LogP contribution in [0.3, 0.4) is 0 Å². The minimum atomic E-state index is -3.63. The van der Waals surface area contributed by atoms with E-state index in [0.29, 0.717) is 23.7 Å². The van der Waals surface area contributed by atoms with Crippen molar-refractivity contribution in [3.63, 3.8) is 0 Å². The summed E-state index contributed by atoms with van der Waals surface area (Å²) in [5.41, 5.74) is 2.95. The Hall–Kier alpha value is -2.71. The third-order valence-electron chi connectivity index (χ3n) is 6.08. The molecule has 0 radical (unpaired) electrons. The molecule has 0 aromatic heterocycles. The second kappa shape index (κ2) is 9.42. The Morgan fingerprint density at radius 2 is 1.91 bits per heavy atom. The minimum Gasteiger partial charge on any atom is -0.326 e. The molecule has 0 aliphatic carbocycles. The summed E-state index contributed by atoms with van der Waals surface area (Å²) in [6, 6.07) is 12.6. The lowest BCUT2D eigenvalue weighted by atomic mass is 9.96. The molecule has 2 atom stereocenters. The molecular weight excluding hydrogens is 426 g/mol. The lowest BCUT2D eigenvalue weighted by Crippen LogP contribution is -2.29. The molecular formula is C24H31N3O4S. The highest BCUT2D eigenvalue weighted by molar-refractivity contribution is 7.89. The van der Waals surface area contributed by atoms with E-state index in [1.807, 2.05) is 24.3 Å². The zero-order valence-corrected chi connectivity index (χ0v) is 20.1. The molecule has 3 rings (SSSR count). The molecule has 2 aromatic rings. The minimum absolute atomic E-state index is 0.0827. The van der Waals surface area contributed by atoms with Gasteiger partial charge in [0.2, 0.25) is 21.8 Å². The molecule has 2 amide bonds. The molecule has 0 bridgehead atoms. The first-order valence-electron chi connectivity index (χ1n) is 10.8. The second-order valence-corrected chi connectivity index (χ2v) is 10.7. The van der Waals surface area contributed by atoms with Crippen molar-refractivity contribution in [3.05, 3.63) is 53.6 Å². The number of carbonyl (C=O) groups excluding carboxylic acids is 2. The fourth-order valence-electron chi connectivity index (χ4n) is 3.88. The van der Waals surface area contributed by atoms with Crippen molar-refractivity contribution in [2.45, 2.75) is 44.4 Å². The highest BCUT2D eigenvalue weighted by Gasteiger charge is 2.36. The monoisotopic (exact) mass is 457 g/mol. The number of sulfonamides is 1. The van der Waals surface area contributed by atoms with Crippen LogP contribution in [0.2, 0.25) is 0 Å². The summed E-state index contributed by atoms with van der Waals surface area (Å²) in [6.45, 7) is 6.24. The van der Waals surface area contributed by atoms with Crippen LogP contribution in [-0.4, -0.2) is 45.2 Å². The van der Waals surface area contributed by atoms with Crippen molar-refractivity contribution in [3.8, 4) is 0 Å². The molecule has 1 fully saturated rings. The number of aryl methyl sites for hydroxylation is 1. The summed E-state index contributed by atoms with van der Waals surface area (Å²) < 4.78 is 26.3. The van der Waals surface area contributed by atoms with Gasteiger partial charge in [0.05, 0.1) is 10.8 Å². The van der Waals surface area contributed by atoms with Gasteiger partial charge in [0.25, 0.3) is 0 Å². The van der Waals surface area contributed by atoms with Crippen LogP contribution in [0.4, 0.5) is 11.4 Å². The average Bonchev–Trinajstić information content (AvgIpc) is 3.15. The Morgan fingerprint density at radius 1 is 1.22 bits per heavy atom. The van der Waals surface area contributed by atoms with Crippen LogP contribution in [0.25, 0.3) is 0 Å². The molecule has 0 saturated carbocycles. The number of nitrogens with one attached hydrogen (secondary N) is 1. The van der Waals surface area contributed by atoms with Gasteiger partial charge >= 0.3 is 0 Å². The molecule has 8 heteroatoms. The van der Waals surface area contributed by atoms with Gasteiger partial charge in [0, 0.05) is 38.4 Å². The number of para-hydroxylation sites is 1. The molecule has 0 unspecified atom stereocenters. The molecule has 1 heterocycles. The van der Waals surface area contributed by atoms with E-state index in [4.69, 9.17) is 0 Å². The average molecular weight is 458 g/mol. The fraction of sp³-hybridized carbons (Fsp3) is 0.417. The van der Waals surface area contributed by atoms with E-state index >= 15 is 0 Å². The van der Waals surface area contributed by atoms with Gasteiger partial charge in [-0.3, -0.25) is 9.59 Å². The fourth-order valence-corrected chi connectivity index (χ4v) is 5.03. The zero-order chi connectivity index (χ0) is 23.6. The van der Waals surface area contributed by atoms with Crippen LogP contribution < -0.4 is 10.2 Å². The number of benzene rings is 2. The zero-order valence-electron chi connectivity index (χ0n) is 19.3. The third kappa shape index (κ3) is 4.71. The predicted octanol–water partition coefficient (Wildman–Crippen LogP) is 3.75. The van der Waals surface area contributed by atoms with Crippen LogP contribution in [0.15, 0.2) is 47.4 Å². The van der Waals surface area contributed by atoms with Gasteiger partial charge in [-0.05, 0) is 48.6 Å². The lowest BCUT2D eigenvalue weighted by molar-refractivity contribution is -0.122. The lowest BCUT2D eigenvalue weighted by Gasteiger charge is -2.23. The summed E-state index contributed by atoms with van der Waals surface area (Å²) in [4.78, 5) is 27.6. The Morgan fingerprint density at radius 3 is 2.56 bits per heavy atom. The Balaban J connectivity index is 1.80. The van der Waals surface area contributed by atoms with Gasteiger partial charge in [-0.25, -0.2) is 12.7 Å². The van der Waals surface area contributed by atoms with E-state index in [2.05, 4.69) is 19.2 Å². The van der Waals surface area contributed by atoms with Gasteiger partial charge in [0.15, 0.2) is 0 Å².